The second-order valence-corrected chi connectivity index (χ2v) is 5.81. The highest BCUT2D eigenvalue weighted by atomic mass is 16.6. The second kappa shape index (κ2) is 5.59. The molecule has 104 valence electrons. The van der Waals surface area contributed by atoms with E-state index in [4.69, 9.17) is 4.74 Å². The summed E-state index contributed by atoms with van der Waals surface area (Å²) in [5.74, 6) is 0.0651. The van der Waals surface area contributed by atoms with Crippen LogP contribution in [-0.4, -0.2) is 41.1 Å². The smallest absolute Gasteiger partial charge is 0.407 e. The van der Waals surface area contributed by atoms with Crippen molar-refractivity contribution in [3.63, 3.8) is 0 Å². The van der Waals surface area contributed by atoms with Crippen molar-refractivity contribution in [3.8, 4) is 0 Å². The lowest BCUT2D eigenvalue weighted by Crippen LogP contribution is -2.41. The molecule has 0 aromatic heterocycles. The summed E-state index contributed by atoms with van der Waals surface area (Å²) >= 11 is 0. The number of hydrogen-bond donors (Lipinski definition) is 1. The maximum absolute atomic E-state index is 11.6. The van der Waals surface area contributed by atoms with Gasteiger partial charge < -0.3 is 15.0 Å². The number of carbonyl (C=O) groups is 2. The Balaban J connectivity index is 2.50. The Kier molecular flexibility index (Phi) is 4.59. The van der Waals surface area contributed by atoms with Gasteiger partial charge in [-0.3, -0.25) is 4.79 Å². The van der Waals surface area contributed by atoms with Crippen molar-refractivity contribution in [2.24, 2.45) is 0 Å². The van der Waals surface area contributed by atoms with E-state index in [1.54, 1.807) is 6.92 Å². The number of alkyl carbamates (subject to hydrolysis) is 1. The Morgan fingerprint density at radius 3 is 2.39 bits per heavy atom. The Bertz CT molecular complexity index is 323. The molecule has 0 saturated carbocycles. The van der Waals surface area contributed by atoms with Crippen LogP contribution in [0.25, 0.3) is 0 Å². The van der Waals surface area contributed by atoms with Gasteiger partial charge in [0.1, 0.15) is 5.60 Å². The summed E-state index contributed by atoms with van der Waals surface area (Å²) in [6, 6.07) is 0.219. The van der Waals surface area contributed by atoms with E-state index in [9.17, 15) is 9.59 Å². The molecule has 0 spiro atoms. The molecule has 1 N–H and O–H groups in total. The van der Waals surface area contributed by atoms with Gasteiger partial charge in [0.05, 0.1) is 6.04 Å². The zero-order chi connectivity index (χ0) is 13.9. The van der Waals surface area contributed by atoms with Crippen LogP contribution in [0, 0.1) is 0 Å². The standard InChI is InChI=1S/C13H24N2O3/c1-6-11-7-10(8-15(11)9(2)16)14-12(17)18-13(3,4)5/h10-11H,6-8H2,1-5H3,(H,14,17)/t10-,11+/m0/s1. The van der Waals surface area contributed by atoms with Gasteiger partial charge in [-0.25, -0.2) is 4.79 Å². The molecule has 1 heterocycles. The minimum absolute atomic E-state index is 0.00583. The summed E-state index contributed by atoms with van der Waals surface area (Å²) in [5, 5.41) is 2.83. The zero-order valence-corrected chi connectivity index (χ0v) is 11.9. The number of hydrogen-bond acceptors (Lipinski definition) is 3. The monoisotopic (exact) mass is 256 g/mol. The van der Waals surface area contributed by atoms with E-state index in [0.717, 1.165) is 12.8 Å². The number of likely N-dealkylation sites (tertiary alicyclic amines) is 1. The van der Waals surface area contributed by atoms with Crippen LogP contribution in [0.2, 0.25) is 0 Å². The molecule has 1 saturated heterocycles. The van der Waals surface area contributed by atoms with E-state index >= 15 is 0 Å². The topological polar surface area (TPSA) is 58.6 Å². The van der Waals surface area contributed by atoms with Crippen LogP contribution in [0.4, 0.5) is 4.79 Å². The summed E-state index contributed by atoms with van der Waals surface area (Å²) in [4.78, 5) is 24.9. The third-order valence-electron chi connectivity index (χ3n) is 3.01. The SMILES string of the molecule is CC[C@@H]1C[C@H](NC(=O)OC(C)(C)C)CN1C(C)=O. The minimum atomic E-state index is -0.493. The molecular weight excluding hydrogens is 232 g/mol. The molecule has 0 bridgehead atoms. The molecule has 0 unspecified atom stereocenters. The van der Waals surface area contributed by atoms with Gasteiger partial charge in [-0.1, -0.05) is 6.92 Å². The number of amides is 2. The van der Waals surface area contributed by atoms with E-state index < -0.39 is 11.7 Å². The van der Waals surface area contributed by atoms with E-state index in [1.165, 1.54) is 0 Å². The Labute approximate surface area is 109 Å². The molecule has 5 heteroatoms. The van der Waals surface area contributed by atoms with E-state index in [2.05, 4.69) is 12.2 Å². The largest absolute Gasteiger partial charge is 0.444 e. The fraction of sp³-hybridized carbons (Fsp3) is 0.846. The van der Waals surface area contributed by atoms with Crippen LogP contribution >= 0.6 is 0 Å². The number of carbonyl (C=O) groups excluding carboxylic acids is 2. The summed E-state index contributed by atoms with van der Waals surface area (Å²) < 4.78 is 5.21. The first-order valence-electron chi connectivity index (χ1n) is 6.49. The second-order valence-electron chi connectivity index (χ2n) is 5.81. The van der Waals surface area contributed by atoms with Gasteiger partial charge in [0.2, 0.25) is 5.91 Å². The molecule has 1 aliphatic rings. The lowest BCUT2D eigenvalue weighted by atomic mass is 10.1. The predicted molar refractivity (Wildman–Crippen MR) is 69.2 cm³/mol. The van der Waals surface area contributed by atoms with Gasteiger partial charge in [-0.2, -0.15) is 0 Å². The average Bonchev–Trinajstić information content (AvgIpc) is 2.57. The molecule has 5 nitrogen and oxygen atoms in total. The van der Waals surface area contributed by atoms with Crippen LogP contribution in [0.5, 0.6) is 0 Å². The van der Waals surface area contributed by atoms with Gasteiger partial charge in [-0.05, 0) is 33.6 Å². The normalized spacial score (nSPS) is 23.9. The maximum Gasteiger partial charge on any atom is 0.407 e. The van der Waals surface area contributed by atoms with Crippen molar-refractivity contribution in [3.05, 3.63) is 0 Å². The van der Waals surface area contributed by atoms with Gasteiger partial charge >= 0.3 is 6.09 Å². The highest BCUT2D eigenvalue weighted by molar-refractivity contribution is 5.74. The number of nitrogens with one attached hydrogen (secondary N) is 1. The van der Waals surface area contributed by atoms with Crippen molar-refractivity contribution >= 4 is 12.0 Å². The molecule has 1 fully saturated rings. The van der Waals surface area contributed by atoms with Gasteiger partial charge in [-0.15, -0.1) is 0 Å². The molecule has 0 radical (unpaired) electrons. The van der Waals surface area contributed by atoms with Crippen molar-refractivity contribution in [1.29, 1.82) is 0 Å². The van der Waals surface area contributed by atoms with Gasteiger partial charge in [0.15, 0.2) is 0 Å². The molecule has 1 rings (SSSR count). The van der Waals surface area contributed by atoms with Gasteiger partial charge in [0, 0.05) is 19.5 Å². The quantitative estimate of drug-likeness (QED) is 0.821. The summed E-state index contributed by atoms with van der Waals surface area (Å²) in [7, 11) is 0. The summed E-state index contributed by atoms with van der Waals surface area (Å²) in [5.41, 5.74) is -0.493. The lowest BCUT2D eigenvalue weighted by Gasteiger charge is -2.22. The summed E-state index contributed by atoms with van der Waals surface area (Å²) in [6.07, 6.45) is 1.30. The summed E-state index contributed by atoms with van der Waals surface area (Å²) in [6.45, 7) is 9.69. The van der Waals surface area contributed by atoms with Crippen molar-refractivity contribution < 1.29 is 14.3 Å². The number of nitrogens with zero attached hydrogens (tertiary/aromatic N) is 1. The Morgan fingerprint density at radius 2 is 2.00 bits per heavy atom. The highest BCUT2D eigenvalue weighted by Gasteiger charge is 2.33. The van der Waals surface area contributed by atoms with Crippen molar-refractivity contribution in [2.45, 2.75) is 65.1 Å². The minimum Gasteiger partial charge on any atom is -0.444 e. The molecule has 2 atom stereocenters. The predicted octanol–water partition coefficient (Wildman–Crippen LogP) is 1.91. The fourth-order valence-electron chi connectivity index (χ4n) is 2.27. The lowest BCUT2D eigenvalue weighted by molar-refractivity contribution is -0.129. The van der Waals surface area contributed by atoms with Crippen molar-refractivity contribution in [1.82, 2.24) is 10.2 Å². The van der Waals surface area contributed by atoms with E-state index in [-0.39, 0.29) is 18.0 Å². The van der Waals surface area contributed by atoms with Crippen LogP contribution in [-0.2, 0) is 9.53 Å². The molecule has 0 aromatic rings. The maximum atomic E-state index is 11.6. The average molecular weight is 256 g/mol. The van der Waals surface area contributed by atoms with Crippen LogP contribution < -0.4 is 5.32 Å². The number of ether oxygens (including phenoxy) is 1. The molecule has 2 amide bonds. The molecule has 0 aromatic carbocycles. The molecule has 1 aliphatic heterocycles. The van der Waals surface area contributed by atoms with E-state index in [1.807, 2.05) is 25.7 Å². The van der Waals surface area contributed by atoms with E-state index in [0.29, 0.717) is 6.54 Å². The third-order valence-corrected chi connectivity index (χ3v) is 3.01. The van der Waals surface area contributed by atoms with Crippen LogP contribution in [0.15, 0.2) is 0 Å². The third kappa shape index (κ3) is 4.20. The fourth-order valence-corrected chi connectivity index (χ4v) is 2.27. The van der Waals surface area contributed by atoms with Gasteiger partial charge in [0.25, 0.3) is 0 Å². The first-order valence-corrected chi connectivity index (χ1v) is 6.49. The first-order chi connectivity index (χ1) is 8.23. The molecule has 18 heavy (non-hydrogen) atoms. The van der Waals surface area contributed by atoms with Crippen LogP contribution in [0.3, 0.4) is 0 Å². The van der Waals surface area contributed by atoms with Crippen LogP contribution in [0.1, 0.15) is 47.5 Å². The molecule has 0 aliphatic carbocycles. The highest BCUT2D eigenvalue weighted by Crippen LogP contribution is 2.21. The Morgan fingerprint density at radius 1 is 1.39 bits per heavy atom. The zero-order valence-electron chi connectivity index (χ0n) is 11.9. The van der Waals surface area contributed by atoms with Crippen molar-refractivity contribution in [2.75, 3.05) is 6.54 Å². The Hall–Kier alpha value is -1.26. The number of rotatable bonds is 2. The molecular formula is C13H24N2O3. The first kappa shape index (κ1) is 14.8.